The zero-order valence-electron chi connectivity index (χ0n) is 19.0. The first-order valence-electron chi connectivity index (χ1n) is 10.5. The average Bonchev–Trinajstić information content (AvgIpc) is 3.57. The highest BCUT2D eigenvalue weighted by molar-refractivity contribution is 7.12. The Balaban J connectivity index is 1.54. The quantitative estimate of drug-likeness (QED) is 0.447. The molecular weight excluding hydrogens is 456 g/mol. The van der Waals surface area contributed by atoms with Gasteiger partial charge in [0.2, 0.25) is 0 Å². The van der Waals surface area contributed by atoms with Crippen molar-refractivity contribution in [1.82, 2.24) is 5.01 Å². The molecular formula is C25H24N2O6S. The van der Waals surface area contributed by atoms with Crippen LogP contribution in [-0.4, -0.2) is 50.5 Å². The van der Waals surface area contributed by atoms with Gasteiger partial charge in [-0.1, -0.05) is 12.1 Å². The lowest BCUT2D eigenvalue weighted by Gasteiger charge is -2.22. The topological polar surface area (TPSA) is 86.7 Å². The van der Waals surface area contributed by atoms with Gasteiger partial charge in [-0.15, -0.1) is 11.3 Å². The Morgan fingerprint density at radius 3 is 2.41 bits per heavy atom. The number of hydrazone groups is 1. The fraction of sp³-hybridized carbons (Fsp3) is 0.240. The Hall–Kier alpha value is -3.85. The molecule has 1 aromatic heterocycles. The van der Waals surface area contributed by atoms with Crippen LogP contribution < -0.4 is 14.2 Å². The van der Waals surface area contributed by atoms with Gasteiger partial charge in [-0.2, -0.15) is 5.10 Å². The van der Waals surface area contributed by atoms with E-state index in [1.807, 2.05) is 29.6 Å². The number of hydrogen-bond donors (Lipinski definition) is 0. The minimum Gasteiger partial charge on any atom is -0.497 e. The highest BCUT2D eigenvalue weighted by Gasteiger charge is 2.34. The Morgan fingerprint density at radius 2 is 1.76 bits per heavy atom. The summed E-state index contributed by atoms with van der Waals surface area (Å²) >= 11 is 1.55. The Labute approximate surface area is 201 Å². The van der Waals surface area contributed by atoms with E-state index in [1.165, 1.54) is 5.01 Å². The van der Waals surface area contributed by atoms with E-state index in [4.69, 9.17) is 18.9 Å². The minimum absolute atomic E-state index is 0.328. The number of ether oxygens (including phenoxy) is 4. The number of nitrogens with zero attached hydrogens (tertiary/aromatic N) is 2. The molecule has 34 heavy (non-hydrogen) atoms. The summed E-state index contributed by atoms with van der Waals surface area (Å²) in [5, 5.41) is 7.94. The molecule has 0 radical (unpaired) electrons. The molecule has 1 aliphatic rings. The average molecular weight is 481 g/mol. The Kier molecular flexibility index (Phi) is 7.12. The van der Waals surface area contributed by atoms with Crippen molar-refractivity contribution in [2.45, 2.75) is 12.5 Å². The molecule has 3 aromatic rings. The molecule has 8 nitrogen and oxygen atoms in total. The molecule has 0 unspecified atom stereocenters. The lowest BCUT2D eigenvalue weighted by Crippen LogP contribution is -2.31. The molecule has 0 saturated heterocycles. The van der Waals surface area contributed by atoms with Crippen LogP contribution >= 0.6 is 11.3 Å². The van der Waals surface area contributed by atoms with Gasteiger partial charge in [0.05, 0.1) is 43.5 Å². The summed E-state index contributed by atoms with van der Waals surface area (Å²) in [5.41, 5.74) is 1.96. The third kappa shape index (κ3) is 4.89. The smallest absolute Gasteiger partial charge is 0.338 e. The monoisotopic (exact) mass is 480 g/mol. The van der Waals surface area contributed by atoms with Gasteiger partial charge >= 0.3 is 5.97 Å². The van der Waals surface area contributed by atoms with Crippen LogP contribution in [0.3, 0.4) is 0 Å². The molecule has 1 aliphatic heterocycles. The van der Waals surface area contributed by atoms with Crippen LogP contribution in [0.15, 0.2) is 65.1 Å². The second-order valence-corrected chi connectivity index (χ2v) is 8.35. The van der Waals surface area contributed by atoms with E-state index >= 15 is 0 Å². The first-order valence-corrected chi connectivity index (χ1v) is 11.4. The fourth-order valence-corrected chi connectivity index (χ4v) is 4.38. The number of thiophene rings is 1. The van der Waals surface area contributed by atoms with Crippen molar-refractivity contribution in [1.29, 1.82) is 0 Å². The zero-order chi connectivity index (χ0) is 24.1. The summed E-state index contributed by atoms with van der Waals surface area (Å²) < 4.78 is 21.1. The first-order chi connectivity index (χ1) is 16.5. The number of methoxy groups -OCH3 is 3. The maximum absolute atomic E-state index is 13.1. The van der Waals surface area contributed by atoms with Crippen LogP contribution in [0.25, 0.3) is 0 Å². The van der Waals surface area contributed by atoms with E-state index in [1.54, 1.807) is 63.0 Å². The third-order valence-electron chi connectivity index (χ3n) is 5.42. The van der Waals surface area contributed by atoms with Gasteiger partial charge in [-0.25, -0.2) is 9.80 Å². The Morgan fingerprint density at radius 1 is 1.00 bits per heavy atom. The number of carbonyl (C=O) groups is 2. The third-order valence-corrected chi connectivity index (χ3v) is 6.34. The lowest BCUT2D eigenvalue weighted by molar-refractivity contribution is -0.136. The second kappa shape index (κ2) is 10.4. The SMILES string of the molecule is COc1ccc(C(=O)OCC(=O)N2N=C(c3cccs3)C[C@@H]2c2ccc(OC)c(OC)c2)cc1. The van der Waals surface area contributed by atoms with Crippen LogP contribution in [0.2, 0.25) is 0 Å². The number of esters is 1. The molecule has 0 aliphatic carbocycles. The van der Waals surface area contributed by atoms with Crippen LogP contribution in [0.1, 0.15) is 33.3 Å². The predicted octanol–water partition coefficient (Wildman–Crippen LogP) is 4.31. The highest BCUT2D eigenvalue weighted by Crippen LogP contribution is 2.37. The van der Waals surface area contributed by atoms with Crippen molar-refractivity contribution in [3.05, 3.63) is 76.0 Å². The molecule has 0 bridgehead atoms. The van der Waals surface area contributed by atoms with Crippen molar-refractivity contribution in [2.24, 2.45) is 5.10 Å². The highest BCUT2D eigenvalue weighted by atomic mass is 32.1. The molecule has 4 rings (SSSR count). The zero-order valence-corrected chi connectivity index (χ0v) is 19.8. The molecule has 0 saturated carbocycles. The summed E-state index contributed by atoms with van der Waals surface area (Å²) in [4.78, 5) is 26.5. The fourth-order valence-electron chi connectivity index (χ4n) is 3.66. The van der Waals surface area contributed by atoms with Crippen molar-refractivity contribution in [3.8, 4) is 17.2 Å². The number of benzene rings is 2. The van der Waals surface area contributed by atoms with Crippen molar-refractivity contribution >= 4 is 28.9 Å². The van der Waals surface area contributed by atoms with Crippen molar-refractivity contribution in [2.75, 3.05) is 27.9 Å². The number of amides is 1. The number of rotatable bonds is 8. The molecule has 176 valence electrons. The summed E-state index contributed by atoms with van der Waals surface area (Å²) in [5.74, 6) is 0.754. The second-order valence-electron chi connectivity index (χ2n) is 7.40. The van der Waals surface area contributed by atoms with Gasteiger partial charge in [-0.3, -0.25) is 4.79 Å². The normalized spacial score (nSPS) is 15.0. The molecule has 1 atom stereocenters. The van der Waals surface area contributed by atoms with Gasteiger partial charge in [0.25, 0.3) is 5.91 Å². The number of hydrogen-bond acceptors (Lipinski definition) is 8. The van der Waals surface area contributed by atoms with E-state index in [-0.39, 0.29) is 6.04 Å². The minimum atomic E-state index is -0.597. The van der Waals surface area contributed by atoms with E-state index in [0.29, 0.717) is 29.2 Å². The van der Waals surface area contributed by atoms with Gasteiger partial charge in [0.1, 0.15) is 5.75 Å². The van der Waals surface area contributed by atoms with Crippen LogP contribution in [-0.2, 0) is 9.53 Å². The maximum atomic E-state index is 13.1. The summed E-state index contributed by atoms with van der Waals surface area (Å²) in [6.45, 7) is -0.435. The van der Waals surface area contributed by atoms with Crippen molar-refractivity contribution in [3.63, 3.8) is 0 Å². The molecule has 1 amide bonds. The molecule has 2 heterocycles. The van der Waals surface area contributed by atoms with Gasteiger partial charge in [0, 0.05) is 6.42 Å². The molecule has 9 heteroatoms. The molecule has 0 fully saturated rings. The summed E-state index contributed by atoms with van der Waals surface area (Å²) in [6.07, 6.45) is 0.522. The van der Waals surface area contributed by atoms with Gasteiger partial charge < -0.3 is 18.9 Å². The van der Waals surface area contributed by atoms with E-state index in [0.717, 1.165) is 16.2 Å². The van der Waals surface area contributed by atoms with Crippen LogP contribution in [0.4, 0.5) is 0 Å². The molecule has 0 N–H and O–H groups in total. The summed E-state index contributed by atoms with van der Waals surface area (Å²) in [7, 11) is 4.67. The van der Waals surface area contributed by atoms with Crippen LogP contribution in [0.5, 0.6) is 17.2 Å². The predicted molar refractivity (Wildman–Crippen MR) is 128 cm³/mol. The standard InChI is InChI=1S/C25H24N2O6S/c1-30-18-9-6-16(7-10-18)25(29)33-15-24(28)27-20(14-19(26-27)23-5-4-12-34-23)17-8-11-21(31-2)22(13-17)32-3/h4-13,20H,14-15H2,1-3H3/t20-/m1/s1. The summed E-state index contributed by atoms with van der Waals surface area (Å²) in [6, 6.07) is 15.5. The maximum Gasteiger partial charge on any atom is 0.338 e. The van der Waals surface area contributed by atoms with E-state index in [9.17, 15) is 9.59 Å². The number of carbonyl (C=O) groups excluding carboxylic acids is 2. The molecule has 0 spiro atoms. The van der Waals surface area contributed by atoms with Crippen LogP contribution in [0, 0.1) is 0 Å². The van der Waals surface area contributed by atoms with E-state index < -0.39 is 18.5 Å². The lowest BCUT2D eigenvalue weighted by atomic mass is 10.0. The van der Waals surface area contributed by atoms with E-state index in [2.05, 4.69) is 5.10 Å². The Bertz CT molecular complexity index is 1190. The largest absolute Gasteiger partial charge is 0.497 e. The van der Waals surface area contributed by atoms with Gasteiger partial charge in [-0.05, 0) is 53.4 Å². The molecule has 2 aromatic carbocycles. The first kappa shape index (κ1) is 23.3. The van der Waals surface area contributed by atoms with Crippen molar-refractivity contribution < 1.29 is 28.5 Å². The van der Waals surface area contributed by atoms with Gasteiger partial charge in [0.15, 0.2) is 18.1 Å².